The molecule has 2 heterocycles. The van der Waals surface area contributed by atoms with E-state index in [2.05, 4.69) is 40.4 Å². The highest BCUT2D eigenvalue weighted by Crippen LogP contribution is 2.38. The van der Waals surface area contributed by atoms with Gasteiger partial charge < -0.3 is 19.6 Å². The van der Waals surface area contributed by atoms with Crippen LogP contribution in [0.25, 0.3) is 32.8 Å². The lowest BCUT2D eigenvalue weighted by Crippen LogP contribution is -2.09. The zero-order chi connectivity index (χ0) is 26.8. The SMILES string of the molecule is CCOC(=O)c1[nH]c2c(-c3c(CO)nn(C)c3C)c(C)ccc2c1CCCOc1cccc2ccccc12. The van der Waals surface area contributed by atoms with E-state index in [1.165, 1.54) is 0 Å². The van der Waals surface area contributed by atoms with Gasteiger partial charge >= 0.3 is 5.97 Å². The van der Waals surface area contributed by atoms with Crippen LogP contribution >= 0.6 is 0 Å². The zero-order valence-corrected chi connectivity index (χ0v) is 22.3. The number of aliphatic hydroxyl groups is 1. The number of nitrogens with one attached hydrogen (secondary N) is 1. The Morgan fingerprint density at radius 2 is 1.82 bits per heavy atom. The molecule has 2 N–H and O–H groups in total. The normalized spacial score (nSPS) is 11.4. The molecule has 0 unspecified atom stereocenters. The lowest BCUT2D eigenvalue weighted by Gasteiger charge is -2.11. The summed E-state index contributed by atoms with van der Waals surface area (Å²) in [4.78, 5) is 16.4. The van der Waals surface area contributed by atoms with Gasteiger partial charge in [0.2, 0.25) is 0 Å². The second-order valence-corrected chi connectivity index (χ2v) is 9.50. The number of aromatic nitrogens is 3. The van der Waals surface area contributed by atoms with Gasteiger partial charge in [0.1, 0.15) is 11.4 Å². The van der Waals surface area contributed by atoms with Crippen molar-refractivity contribution in [2.75, 3.05) is 13.2 Å². The number of esters is 1. The minimum Gasteiger partial charge on any atom is -0.493 e. The van der Waals surface area contributed by atoms with Gasteiger partial charge in [0.25, 0.3) is 0 Å². The van der Waals surface area contributed by atoms with E-state index >= 15 is 0 Å². The Morgan fingerprint density at radius 1 is 1.03 bits per heavy atom. The van der Waals surface area contributed by atoms with Gasteiger partial charge in [0.05, 0.1) is 31.0 Å². The first-order valence-corrected chi connectivity index (χ1v) is 13.0. The predicted octanol–water partition coefficient (Wildman–Crippen LogP) is 6.02. The fraction of sp³-hybridized carbons (Fsp3) is 0.290. The molecule has 0 aliphatic rings. The summed E-state index contributed by atoms with van der Waals surface area (Å²) in [6.45, 7) is 6.46. The molecule has 0 amide bonds. The van der Waals surface area contributed by atoms with Crippen LogP contribution in [0.1, 0.15) is 46.3 Å². The number of aromatic amines is 1. The Balaban J connectivity index is 1.51. The smallest absolute Gasteiger partial charge is 0.355 e. The van der Waals surface area contributed by atoms with Crippen LogP contribution < -0.4 is 4.74 Å². The van der Waals surface area contributed by atoms with E-state index in [4.69, 9.17) is 9.47 Å². The number of carbonyl (C=O) groups is 1. The fourth-order valence-electron chi connectivity index (χ4n) is 5.25. The quantitative estimate of drug-likeness (QED) is 0.187. The molecule has 5 aromatic rings. The number of rotatable bonds is 9. The molecule has 3 aromatic carbocycles. The number of H-pyrrole nitrogens is 1. The maximum absolute atomic E-state index is 13.0. The third kappa shape index (κ3) is 4.54. The van der Waals surface area contributed by atoms with Gasteiger partial charge in [-0.05, 0) is 56.2 Å². The average molecular weight is 512 g/mol. The summed E-state index contributed by atoms with van der Waals surface area (Å²) in [6.07, 6.45) is 1.36. The standard InChI is InChI=1S/C31H33N3O4/c1-5-37-31(36)30-23(13-9-17-38-26-14-8-11-21-10-6-7-12-22(21)26)24-16-15-19(2)27(29(24)32-30)28-20(3)34(4)33-25(28)18-35/h6-8,10-12,14-16,32,35H,5,9,13,17-18H2,1-4H3. The number of ether oxygens (including phenoxy) is 2. The molecule has 7 nitrogen and oxygen atoms in total. The first kappa shape index (κ1) is 25.5. The van der Waals surface area contributed by atoms with Crippen LogP contribution in [0, 0.1) is 13.8 Å². The number of hydrogen-bond acceptors (Lipinski definition) is 5. The second-order valence-electron chi connectivity index (χ2n) is 9.50. The van der Waals surface area contributed by atoms with E-state index in [0.717, 1.165) is 61.8 Å². The Labute approximate surface area is 222 Å². The maximum atomic E-state index is 13.0. The largest absolute Gasteiger partial charge is 0.493 e. The molecule has 0 atom stereocenters. The second kappa shape index (κ2) is 10.7. The van der Waals surface area contributed by atoms with E-state index in [9.17, 15) is 9.90 Å². The molecule has 0 fully saturated rings. The van der Waals surface area contributed by atoms with E-state index in [1.807, 2.05) is 45.2 Å². The van der Waals surface area contributed by atoms with Crippen molar-refractivity contribution >= 4 is 27.6 Å². The van der Waals surface area contributed by atoms with Crippen LogP contribution in [-0.4, -0.2) is 39.1 Å². The molecule has 0 bridgehead atoms. The number of carbonyl (C=O) groups excluding carboxylic acids is 1. The Morgan fingerprint density at radius 3 is 2.61 bits per heavy atom. The van der Waals surface area contributed by atoms with Crippen LogP contribution in [0.4, 0.5) is 0 Å². The molecular weight excluding hydrogens is 478 g/mol. The molecule has 0 spiro atoms. The lowest BCUT2D eigenvalue weighted by atomic mass is 9.94. The molecule has 0 aliphatic carbocycles. The van der Waals surface area contributed by atoms with Crippen LogP contribution in [-0.2, 0) is 24.8 Å². The molecule has 0 saturated heterocycles. The van der Waals surface area contributed by atoms with Crippen molar-refractivity contribution in [3.8, 4) is 16.9 Å². The van der Waals surface area contributed by atoms with E-state index in [0.29, 0.717) is 31.0 Å². The van der Waals surface area contributed by atoms with Crippen molar-refractivity contribution in [1.82, 2.24) is 14.8 Å². The van der Waals surface area contributed by atoms with Gasteiger partial charge in [-0.3, -0.25) is 4.68 Å². The van der Waals surface area contributed by atoms with Crippen molar-refractivity contribution in [3.05, 3.63) is 82.8 Å². The van der Waals surface area contributed by atoms with Crippen LogP contribution in [0.2, 0.25) is 0 Å². The first-order valence-electron chi connectivity index (χ1n) is 13.0. The van der Waals surface area contributed by atoms with Crippen LogP contribution in [0.15, 0.2) is 54.6 Å². The minimum absolute atomic E-state index is 0.170. The van der Waals surface area contributed by atoms with Gasteiger partial charge in [0, 0.05) is 34.6 Å². The van der Waals surface area contributed by atoms with Gasteiger partial charge in [-0.1, -0.05) is 48.5 Å². The number of fused-ring (bicyclic) bond motifs is 2. The molecule has 5 rings (SSSR count). The van der Waals surface area contributed by atoms with Gasteiger partial charge in [-0.25, -0.2) is 4.79 Å². The van der Waals surface area contributed by atoms with Crippen molar-refractivity contribution in [2.24, 2.45) is 7.05 Å². The lowest BCUT2D eigenvalue weighted by molar-refractivity contribution is 0.0519. The number of benzene rings is 3. The molecule has 7 heteroatoms. The zero-order valence-electron chi connectivity index (χ0n) is 22.3. The summed E-state index contributed by atoms with van der Waals surface area (Å²) >= 11 is 0. The highest BCUT2D eigenvalue weighted by Gasteiger charge is 2.24. The van der Waals surface area contributed by atoms with E-state index in [1.54, 1.807) is 11.6 Å². The van der Waals surface area contributed by atoms with Crippen LogP contribution in [0.3, 0.4) is 0 Å². The Bertz CT molecular complexity index is 1620. The number of hydrogen-bond donors (Lipinski definition) is 2. The highest BCUT2D eigenvalue weighted by atomic mass is 16.5. The van der Waals surface area contributed by atoms with Gasteiger partial charge in [-0.2, -0.15) is 5.10 Å². The molecule has 2 aromatic heterocycles. The summed E-state index contributed by atoms with van der Waals surface area (Å²) in [5, 5.41) is 17.7. The van der Waals surface area contributed by atoms with Gasteiger partial charge in [0.15, 0.2) is 0 Å². The minimum atomic E-state index is -0.373. The molecule has 38 heavy (non-hydrogen) atoms. The van der Waals surface area contributed by atoms with Crippen molar-refractivity contribution in [1.29, 1.82) is 0 Å². The summed E-state index contributed by atoms with van der Waals surface area (Å²) in [6, 6.07) is 18.3. The number of aryl methyl sites for hydroxylation is 3. The van der Waals surface area contributed by atoms with Crippen molar-refractivity contribution < 1.29 is 19.4 Å². The van der Waals surface area contributed by atoms with Gasteiger partial charge in [-0.15, -0.1) is 0 Å². The molecule has 0 radical (unpaired) electrons. The van der Waals surface area contributed by atoms with E-state index < -0.39 is 0 Å². The maximum Gasteiger partial charge on any atom is 0.355 e. The fourth-order valence-corrected chi connectivity index (χ4v) is 5.25. The van der Waals surface area contributed by atoms with Crippen LogP contribution in [0.5, 0.6) is 5.75 Å². The average Bonchev–Trinajstić information content (AvgIpc) is 3.43. The number of nitrogens with zero attached hydrogens (tertiary/aromatic N) is 2. The molecule has 0 aliphatic heterocycles. The molecular formula is C31H33N3O4. The third-order valence-corrected chi connectivity index (χ3v) is 7.15. The summed E-state index contributed by atoms with van der Waals surface area (Å²) in [5.41, 5.74) is 6.65. The Hall–Kier alpha value is -4.10. The Kier molecular flexibility index (Phi) is 7.20. The highest BCUT2D eigenvalue weighted by molar-refractivity contribution is 6.05. The monoisotopic (exact) mass is 511 g/mol. The van der Waals surface area contributed by atoms with Crippen molar-refractivity contribution in [3.63, 3.8) is 0 Å². The summed E-state index contributed by atoms with van der Waals surface area (Å²) < 4.78 is 13.4. The summed E-state index contributed by atoms with van der Waals surface area (Å²) in [5.74, 6) is 0.483. The molecule has 196 valence electrons. The topological polar surface area (TPSA) is 89.4 Å². The number of aliphatic hydroxyl groups excluding tert-OH is 1. The third-order valence-electron chi connectivity index (χ3n) is 7.15. The first-order chi connectivity index (χ1) is 18.4. The summed E-state index contributed by atoms with van der Waals surface area (Å²) in [7, 11) is 1.87. The van der Waals surface area contributed by atoms with E-state index in [-0.39, 0.29) is 12.6 Å². The van der Waals surface area contributed by atoms with Crippen molar-refractivity contribution in [2.45, 2.75) is 40.2 Å². The predicted molar refractivity (Wildman–Crippen MR) is 150 cm³/mol. The molecule has 0 saturated carbocycles.